The normalized spacial score (nSPS) is 11.7. The Bertz CT molecular complexity index is 629. The van der Waals surface area contributed by atoms with E-state index in [1.54, 1.807) is 18.2 Å². The largest absolute Gasteiger partial charge is 0.377 e. The van der Waals surface area contributed by atoms with Crippen LogP contribution in [0.2, 0.25) is 0 Å². The Morgan fingerprint density at radius 1 is 1.21 bits per heavy atom. The van der Waals surface area contributed by atoms with Crippen LogP contribution in [0.1, 0.15) is 29.7 Å². The maximum Gasteiger partial charge on any atom is 0.128 e. The third kappa shape index (κ3) is 2.92. The smallest absolute Gasteiger partial charge is 0.128 e. The summed E-state index contributed by atoms with van der Waals surface area (Å²) in [6.45, 7) is 3.81. The molecule has 2 rings (SSSR count). The Morgan fingerprint density at radius 2 is 1.95 bits per heavy atom. The summed E-state index contributed by atoms with van der Waals surface area (Å²) in [6.07, 6.45) is 0. The van der Waals surface area contributed by atoms with E-state index in [0.29, 0.717) is 11.1 Å². The van der Waals surface area contributed by atoms with Gasteiger partial charge in [0, 0.05) is 5.56 Å². The predicted octanol–water partition coefficient (Wildman–Crippen LogP) is 4.18. The summed E-state index contributed by atoms with van der Waals surface area (Å²) in [6, 6.07) is 14.2. The molecule has 0 aliphatic carbocycles. The fourth-order valence-corrected chi connectivity index (χ4v) is 2.01. The standard InChI is InChI=1S/C16H15FN2/c1-11-7-8-16(13(9-11)10-18)19-12(2)14-5-3-4-6-15(14)17/h3-9,12,19H,1-2H3. The van der Waals surface area contributed by atoms with Crippen molar-refractivity contribution in [3.8, 4) is 6.07 Å². The SMILES string of the molecule is Cc1ccc(NC(C)c2ccccc2F)c(C#N)c1. The first kappa shape index (κ1) is 13.1. The molecule has 0 radical (unpaired) electrons. The lowest BCUT2D eigenvalue weighted by Gasteiger charge is -2.17. The van der Waals surface area contributed by atoms with E-state index >= 15 is 0 Å². The van der Waals surface area contributed by atoms with Gasteiger partial charge in [-0.05, 0) is 37.6 Å². The zero-order chi connectivity index (χ0) is 13.8. The van der Waals surface area contributed by atoms with Crippen LogP contribution in [0.4, 0.5) is 10.1 Å². The van der Waals surface area contributed by atoms with Crippen molar-refractivity contribution in [3.63, 3.8) is 0 Å². The Balaban J connectivity index is 2.27. The fourth-order valence-electron chi connectivity index (χ4n) is 2.01. The molecule has 0 amide bonds. The Hall–Kier alpha value is -2.34. The van der Waals surface area contributed by atoms with Crippen LogP contribution in [0.3, 0.4) is 0 Å². The second-order valence-corrected chi connectivity index (χ2v) is 4.55. The summed E-state index contributed by atoms with van der Waals surface area (Å²) in [4.78, 5) is 0. The Kier molecular flexibility index (Phi) is 3.82. The van der Waals surface area contributed by atoms with Crippen LogP contribution in [0.5, 0.6) is 0 Å². The third-order valence-electron chi connectivity index (χ3n) is 3.04. The molecule has 0 aliphatic heterocycles. The van der Waals surface area contributed by atoms with Gasteiger partial charge in [0.25, 0.3) is 0 Å². The van der Waals surface area contributed by atoms with Crippen molar-refractivity contribution in [3.05, 3.63) is 65.0 Å². The molecule has 2 aromatic carbocycles. The van der Waals surface area contributed by atoms with E-state index < -0.39 is 0 Å². The van der Waals surface area contributed by atoms with Crippen molar-refractivity contribution in [1.29, 1.82) is 5.26 Å². The zero-order valence-electron chi connectivity index (χ0n) is 10.9. The van der Waals surface area contributed by atoms with Crippen LogP contribution in [0, 0.1) is 24.1 Å². The second-order valence-electron chi connectivity index (χ2n) is 4.55. The van der Waals surface area contributed by atoms with Crippen LogP contribution in [-0.4, -0.2) is 0 Å². The molecular formula is C16H15FN2. The molecule has 0 bridgehead atoms. The number of aryl methyl sites for hydroxylation is 1. The average molecular weight is 254 g/mol. The molecule has 0 aliphatic rings. The third-order valence-corrected chi connectivity index (χ3v) is 3.04. The maximum absolute atomic E-state index is 13.7. The first-order valence-electron chi connectivity index (χ1n) is 6.13. The number of nitrogens with zero attached hydrogens (tertiary/aromatic N) is 1. The van der Waals surface area contributed by atoms with Crippen LogP contribution < -0.4 is 5.32 Å². The highest BCUT2D eigenvalue weighted by atomic mass is 19.1. The molecule has 0 aromatic heterocycles. The minimum absolute atomic E-state index is 0.198. The van der Waals surface area contributed by atoms with E-state index in [1.165, 1.54) is 6.07 Å². The minimum Gasteiger partial charge on any atom is -0.377 e. The molecule has 2 nitrogen and oxygen atoms in total. The summed E-state index contributed by atoms with van der Waals surface area (Å²) in [5.41, 5.74) is 2.92. The van der Waals surface area contributed by atoms with Gasteiger partial charge in [-0.15, -0.1) is 0 Å². The number of hydrogen-bond donors (Lipinski definition) is 1. The van der Waals surface area contributed by atoms with Crippen LogP contribution in [-0.2, 0) is 0 Å². The summed E-state index contributed by atoms with van der Waals surface area (Å²) in [7, 11) is 0. The highest BCUT2D eigenvalue weighted by Gasteiger charge is 2.11. The first-order valence-corrected chi connectivity index (χ1v) is 6.13. The van der Waals surface area contributed by atoms with Gasteiger partial charge in [0.1, 0.15) is 11.9 Å². The number of halogens is 1. The van der Waals surface area contributed by atoms with Gasteiger partial charge in [0.2, 0.25) is 0 Å². The maximum atomic E-state index is 13.7. The van der Waals surface area contributed by atoms with Crippen molar-refractivity contribution >= 4 is 5.69 Å². The van der Waals surface area contributed by atoms with Crippen LogP contribution in [0.15, 0.2) is 42.5 Å². The summed E-state index contributed by atoms with van der Waals surface area (Å²) >= 11 is 0. The summed E-state index contributed by atoms with van der Waals surface area (Å²) in [5.74, 6) is -0.242. The number of nitrogens with one attached hydrogen (secondary N) is 1. The summed E-state index contributed by atoms with van der Waals surface area (Å²) in [5, 5.41) is 12.3. The minimum atomic E-state index is -0.242. The molecule has 19 heavy (non-hydrogen) atoms. The molecule has 0 heterocycles. The number of benzene rings is 2. The van der Waals surface area contributed by atoms with E-state index in [4.69, 9.17) is 5.26 Å². The zero-order valence-corrected chi connectivity index (χ0v) is 10.9. The number of rotatable bonds is 3. The average Bonchev–Trinajstić information content (AvgIpc) is 2.41. The molecule has 1 N–H and O–H groups in total. The molecule has 2 aromatic rings. The Morgan fingerprint density at radius 3 is 2.63 bits per heavy atom. The first-order chi connectivity index (χ1) is 9.11. The molecular weight excluding hydrogens is 239 g/mol. The molecule has 96 valence electrons. The van der Waals surface area contributed by atoms with Crippen molar-refractivity contribution in [2.24, 2.45) is 0 Å². The lowest BCUT2D eigenvalue weighted by atomic mass is 10.1. The van der Waals surface area contributed by atoms with Gasteiger partial charge in [0.15, 0.2) is 0 Å². The van der Waals surface area contributed by atoms with Crippen LogP contribution >= 0.6 is 0 Å². The van der Waals surface area contributed by atoms with Gasteiger partial charge in [-0.25, -0.2) is 4.39 Å². The molecule has 0 saturated carbocycles. The fraction of sp³-hybridized carbons (Fsp3) is 0.188. The van der Waals surface area contributed by atoms with E-state index in [0.717, 1.165) is 11.3 Å². The second kappa shape index (κ2) is 5.53. The van der Waals surface area contributed by atoms with Crippen molar-refractivity contribution < 1.29 is 4.39 Å². The van der Waals surface area contributed by atoms with E-state index in [2.05, 4.69) is 11.4 Å². The van der Waals surface area contributed by atoms with E-state index in [1.807, 2.05) is 32.0 Å². The predicted molar refractivity (Wildman–Crippen MR) is 74.3 cm³/mol. The van der Waals surface area contributed by atoms with Gasteiger partial charge >= 0.3 is 0 Å². The van der Waals surface area contributed by atoms with Crippen molar-refractivity contribution in [2.75, 3.05) is 5.32 Å². The van der Waals surface area contributed by atoms with Gasteiger partial charge < -0.3 is 5.32 Å². The highest BCUT2D eigenvalue weighted by Crippen LogP contribution is 2.24. The molecule has 0 fully saturated rings. The van der Waals surface area contributed by atoms with Crippen LogP contribution in [0.25, 0.3) is 0 Å². The molecule has 3 heteroatoms. The molecule has 1 unspecified atom stereocenters. The summed E-state index contributed by atoms with van der Waals surface area (Å²) < 4.78 is 13.7. The number of hydrogen-bond acceptors (Lipinski definition) is 2. The van der Waals surface area contributed by atoms with E-state index in [-0.39, 0.29) is 11.9 Å². The quantitative estimate of drug-likeness (QED) is 0.891. The molecule has 0 saturated heterocycles. The topological polar surface area (TPSA) is 35.8 Å². The number of anilines is 1. The molecule has 0 spiro atoms. The van der Waals surface area contributed by atoms with Gasteiger partial charge in [-0.3, -0.25) is 0 Å². The van der Waals surface area contributed by atoms with E-state index in [9.17, 15) is 4.39 Å². The molecule has 1 atom stereocenters. The number of nitriles is 1. The highest BCUT2D eigenvalue weighted by molar-refractivity contribution is 5.59. The van der Waals surface area contributed by atoms with Crippen molar-refractivity contribution in [1.82, 2.24) is 0 Å². The van der Waals surface area contributed by atoms with Crippen molar-refractivity contribution in [2.45, 2.75) is 19.9 Å². The monoisotopic (exact) mass is 254 g/mol. The van der Waals surface area contributed by atoms with Gasteiger partial charge in [-0.2, -0.15) is 5.26 Å². The lowest BCUT2D eigenvalue weighted by molar-refractivity contribution is 0.600. The van der Waals surface area contributed by atoms with Gasteiger partial charge in [-0.1, -0.05) is 24.3 Å². The Labute approximate surface area is 112 Å². The lowest BCUT2D eigenvalue weighted by Crippen LogP contribution is -2.09. The van der Waals surface area contributed by atoms with Gasteiger partial charge in [0.05, 0.1) is 17.3 Å².